The summed E-state index contributed by atoms with van der Waals surface area (Å²) in [5.41, 5.74) is 6.13. The fourth-order valence-electron chi connectivity index (χ4n) is 1.52. The highest BCUT2D eigenvalue weighted by molar-refractivity contribution is 14.0. The van der Waals surface area contributed by atoms with Crippen molar-refractivity contribution in [3.8, 4) is 0 Å². The van der Waals surface area contributed by atoms with Crippen LogP contribution in [0.2, 0.25) is 5.02 Å². The van der Waals surface area contributed by atoms with Gasteiger partial charge in [-0.1, -0.05) is 42.0 Å². The van der Waals surface area contributed by atoms with Crippen LogP contribution in [0.3, 0.4) is 0 Å². The number of halogens is 2. The molecule has 0 saturated carbocycles. The Kier molecular flexibility index (Phi) is 8.15. The third-order valence-corrected chi connectivity index (χ3v) is 2.91. The van der Waals surface area contributed by atoms with E-state index in [0.29, 0.717) is 17.1 Å². The van der Waals surface area contributed by atoms with Gasteiger partial charge in [0.15, 0.2) is 5.96 Å². The molecule has 1 aromatic rings. The molecule has 0 aromatic heterocycles. The largest absolute Gasteiger partial charge is 0.383 e. The lowest BCUT2D eigenvalue weighted by molar-refractivity contribution is 0.0674. The van der Waals surface area contributed by atoms with Gasteiger partial charge in [-0.15, -0.1) is 24.0 Å². The van der Waals surface area contributed by atoms with Crippen LogP contribution in [0.5, 0.6) is 0 Å². The minimum absolute atomic E-state index is 0. The van der Waals surface area contributed by atoms with E-state index in [0.717, 1.165) is 5.57 Å². The van der Waals surface area contributed by atoms with Crippen molar-refractivity contribution in [3.63, 3.8) is 0 Å². The number of guanidine groups is 1. The summed E-state index contributed by atoms with van der Waals surface area (Å²) >= 11 is 6.06. The number of nitrogens with zero attached hydrogens (tertiary/aromatic N) is 1. The van der Waals surface area contributed by atoms with Crippen molar-refractivity contribution < 1.29 is 5.11 Å². The lowest BCUT2D eigenvalue weighted by Gasteiger charge is -2.23. The van der Waals surface area contributed by atoms with E-state index in [9.17, 15) is 5.11 Å². The quantitative estimate of drug-likeness (QED) is 0.303. The summed E-state index contributed by atoms with van der Waals surface area (Å²) in [7, 11) is 0. The van der Waals surface area contributed by atoms with Crippen LogP contribution < -0.4 is 11.1 Å². The van der Waals surface area contributed by atoms with Crippen LogP contribution in [-0.2, 0) is 5.60 Å². The number of nitrogens with one attached hydrogen (secondary N) is 1. The lowest BCUT2D eigenvalue weighted by atomic mass is 9.96. The standard InChI is InChI=1S/C14H20ClN3O.HI/c1-10(2)8-17-13(16)18-9-14(3,19)11-6-4-5-7-12(11)15;/h4-7,19H,1,8-9H2,2-3H3,(H3,16,17,18);1H. The van der Waals surface area contributed by atoms with E-state index in [1.54, 1.807) is 19.1 Å². The van der Waals surface area contributed by atoms with E-state index < -0.39 is 5.60 Å². The molecule has 4 nitrogen and oxygen atoms in total. The van der Waals surface area contributed by atoms with Gasteiger partial charge in [-0.25, -0.2) is 0 Å². The molecule has 1 unspecified atom stereocenters. The molecule has 0 aliphatic carbocycles. The van der Waals surface area contributed by atoms with Gasteiger partial charge in [0.1, 0.15) is 5.60 Å². The molecule has 0 spiro atoms. The van der Waals surface area contributed by atoms with Crippen molar-refractivity contribution in [1.29, 1.82) is 0 Å². The maximum Gasteiger partial charge on any atom is 0.188 e. The Hall–Kier alpha value is -0.790. The zero-order chi connectivity index (χ0) is 14.5. The average Bonchev–Trinajstić information content (AvgIpc) is 2.34. The first-order valence-electron chi connectivity index (χ1n) is 5.98. The predicted molar refractivity (Wildman–Crippen MR) is 95.7 cm³/mol. The van der Waals surface area contributed by atoms with E-state index in [4.69, 9.17) is 17.3 Å². The van der Waals surface area contributed by atoms with Gasteiger partial charge in [0.05, 0.1) is 6.54 Å². The number of hydrogen-bond acceptors (Lipinski definition) is 2. The Balaban J connectivity index is 0.00000361. The first-order chi connectivity index (χ1) is 8.83. The molecular formula is C14H21ClIN3O. The first kappa shape index (κ1) is 19.2. The molecule has 1 atom stereocenters. The van der Waals surface area contributed by atoms with Crippen molar-refractivity contribution in [1.82, 2.24) is 5.32 Å². The topological polar surface area (TPSA) is 70.6 Å². The van der Waals surface area contributed by atoms with Crippen LogP contribution in [0, 0.1) is 0 Å². The minimum atomic E-state index is -1.16. The van der Waals surface area contributed by atoms with Crippen molar-refractivity contribution in [3.05, 3.63) is 47.0 Å². The minimum Gasteiger partial charge on any atom is -0.383 e. The average molecular weight is 410 g/mol. The number of aliphatic imine (C=N–C) groups is 1. The summed E-state index contributed by atoms with van der Waals surface area (Å²) in [6, 6.07) is 7.14. The normalized spacial score (nSPS) is 14.1. The highest BCUT2D eigenvalue weighted by Crippen LogP contribution is 2.27. The molecule has 0 amide bonds. The number of benzene rings is 1. The molecule has 112 valence electrons. The molecule has 0 radical (unpaired) electrons. The van der Waals surface area contributed by atoms with Crippen LogP contribution in [0.4, 0.5) is 0 Å². The Morgan fingerprint density at radius 1 is 1.50 bits per heavy atom. The Morgan fingerprint density at radius 2 is 2.10 bits per heavy atom. The molecule has 0 fully saturated rings. The van der Waals surface area contributed by atoms with E-state index in [1.165, 1.54) is 0 Å². The highest BCUT2D eigenvalue weighted by atomic mass is 127. The van der Waals surface area contributed by atoms with Crippen LogP contribution in [0.15, 0.2) is 41.4 Å². The zero-order valence-electron chi connectivity index (χ0n) is 11.7. The zero-order valence-corrected chi connectivity index (χ0v) is 14.8. The molecule has 1 aromatic carbocycles. The maximum atomic E-state index is 10.4. The van der Waals surface area contributed by atoms with E-state index >= 15 is 0 Å². The summed E-state index contributed by atoms with van der Waals surface area (Å²) in [6.45, 7) is 7.99. The van der Waals surface area contributed by atoms with Crippen molar-refractivity contribution >= 4 is 41.5 Å². The summed E-state index contributed by atoms with van der Waals surface area (Å²) in [5, 5.41) is 13.8. The summed E-state index contributed by atoms with van der Waals surface area (Å²) < 4.78 is 0. The third-order valence-electron chi connectivity index (χ3n) is 2.58. The van der Waals surface area contributed by atoms with Crippen molar-refractivity contribution in [2.75, 3.05) is 13.1 Å². The summed E-state index contributed by atoms with van der Waals surface area (Å²) in [6.07, 6.45) is 0. The third kappa shape index (κ3) is 6.11. The van der Waals surface area contributed by atoms with Crippen LogP contribution in [0.25, 0.3) is 0 Å². The predicted octanol–water partition coefficient (Wildman–Crippen LogP) is 2.65. The van der Waals surface area contributed by atoms with Gasteiger partial charge in [-0.3, -0.25) is 4.99 Å². The Labute approximate surface area is 142 Å². The van der Waals surface area contributed by atoms with E-state index in [2.05, 4.69) is 16.9 Å². The number of aliphatic hydroxyl groups is 1. The summed E-state index contributed by atoms with van der Waals surface area (Å²) in [5.74, 6) is 0.273. The molecule has 0 aliphatic rings. The smallest absolute Gasteiger partial charge is 0.188 e. The van der Waals surface area contributed by atoms with E-state index in [-0.39, 0.29) is 36.5 Å². The van der Waals surface area contributed by atoms with Crippen LogP contribution >= 0.6 is 35.6 Å². The van der Waals surface area contributed by atoms with Gasteiger partial charge in [0.2, 0.25) is 0 Å². The molecule has 0 aliphatic heterocycles. The fraction of sp³-hybridized carbons (Fsp3) is 0.357. The molecule has 20 heavy (non-hydrogen) atoms. The monoisotopic (exact) mass is 409 g/mol. The number of rotatable bonds is 5. The first-order valence-corrected chi connectivity index (χ1v) is 6.36. The van der Waals surface area contributed by atoms with Gasteiger partial charge in [-0.2, -0.15) is 0 Å². The molecule has 0 saturated heterocycles. The SMILES string of the molecule is C=C(C)CNC(N)=NCC(C)(O)c1ccccc1Cl.I. The molecular weight excluding hydrogens is 389 g/mol. The molecule has 0 heterocycles. The highest BCUT2D eigenvalue weighted by Gasteiger charge is 2.25. The fourth-order valence-corrected chi connectivity index (χ4v) is 1.86. The molecule has 6 heteroatoms. The van der Waals surface area contributed by atoms with Gasteiger partial charge < -0.3 is 16.2 Å². The van der Waals surface area contributed by atoms with Gasteiger partial charge in [0, 0.05) is 17.1 Å². The van der Waals surface area contributed by atoms with Gasteiger partial charge in [0.25, 0.3) is 0 Å². The number of hydrogen-bond donors (Lipinski definition) is 3. The molecule has 0 bridgehead atoms. The van der Waals surface area contributed by atoms with E-state index in [1.807, 2.05) is 19.1 Å². The van der Waals surface area contributed by atoms with Crippen LogP contribution in [-0.4, -0.2) is 24.2 Å². The lowest BCUT2D eigenvalue weighted by Crippen LogP contribution is -2.35. The second kappa shape index (κ2) is 8.49. The van der Waals surface area contributed by atoms with Crippen molar-refractivity contribution in [2.24, 2.45) is 10.7 Å². The summed E-state index contributed by atoms with van der Waals surface area (Å²) in [4.78, 5) is 4.12. The second-order valence-electron chi connectivity index (χ2n) is 4.77. The molecule has 4 N–H and O–H groups in total. The number of nitrogens with two attached hydrogens (primary N) is 1. The molecule has 1 rings (SSSR count). The second-order valence-corrected chi connectivity index (χ2v) is 5.17. The Morgan fingerprint density at radius 3 is 2.65 bits per heavy atom. The van der Waals surface area contributed by atoms with Crippen LogP contribution in [0.1, 0.15) is 19.4 Å². The van der Waals surface area contributed by atoms with Gasteiger partial charge >= 0.3 is 0 Å². The maximum absolute atomic E-state index is 10.4. The van der Waals surface area contributed by atoms with Gasteiger partial charge in [-0.05, 0) is 19.9 Å². The van der Waals surface area contributed by atoms with Crippen molar-refractivity contribution in [2.45, 2.75) is 19.4 Å². The Bertz CT molecular complexity index is 489.